The van der Waals surface area contributed by atoms with Crippen LogP contribution in [0.3, 0.4) is 0 Å². The molecule has 0 bridgehead atoms. The van der Waals surface area contributed by atoms with Crippen molar-refractivity contribution in [3.63, 3.8) is 0 Å². The van der Waals surface area contributed by atoms with Crippen LogP contribution < -0.4 is 0 Å². The first-order valence-electron chi connectivity index (χ1n) is 21.8. The third-order valence-electron chi connectivity index (χ3n) is 13.4. The number of nitrogens with zero attached hydrogens (tertiary/aromatic N) is 8. The van der Waals surface area contributed by atoms with Crippen molar-refractivity contribution in [1.29, 1.82) is 0 Å². The van der Waals surface area contributed by atoms with Gasteiger partial charge in [0.05, 0.1) is 38.6 Å². The number of fused-ring (bicyclic) bond motifs is 13. The number of rotatable bonds is 2. The smallest absolute Gasteiger partial charge is 0.207 e. The van der Waals surface area contributed by atoms with Crippen molar-refractivity contribution in [1.82, 2.24) is 23.2 Å². The predicted molar refractivity (Wildman–Crippen MR) is 264 cm³/mol. The molecule has 7 aromatic carbocycles. The number of aromatic nitrogens is 4. The molecule has 1 atom stereocenters. The van der Waals surface area contributed by atoms with E-state index in [0.29, 0.717) is 6.54 Å². The molecule has 11 aromatic rings. The van der Waals surface area contributed by atoms with Gasteiger partial charge in [0.25, 0.3) is 0 Å². The van der Waals surface area contributed by atoms with E-state index in [4.69, 9.17) is 15.0 Å². The van der Waals surface area contributed by atoms with E-state index < -0.39 is 0 Å². The molecule has 2 aliphatic rings. The van der Waals surface area contributed by atoms with Gasteiger partial charge >= 0.3 is 0 Å². The van der Waals surface area contributed by atoms with Gasteiger partial charge in [-0.3, -0.25) is 9.13 Å². The van der Waals surface area contributed by atoms with Gasteiger partial charge in [-0.05, 0) is 92.1 Å². The molecule has 5 heterocycles. The molecule has 1 aliphatic carbocycles. The normalized spacial score (nSPS) is 17.9. The van der Waals surface area contributed by atoms with E-state index in [9.17, 15) is 0 Å². The second-order valence-corrected chi connectivity index (χ2v) is 16.8. The molecule has 0 radical (unpaired) electrons. The molecule has 1 aliphatic heterocycles. The highest BCUT2D eigenvalue weighted by atomic mass is 15.4. The fourth-order valence-electron chi connectivity index (χ4n) is 10.5. The minimum absolute atomic E-state index is 0.241. The monoisotopic (exact) mass is 814 g/mol. The molecule has 8 heteroatoms. The Morgan fingerprint density at radius 3 is 1.78 bits per heavy atom. The minimum atomic E-state index is -0.241. The standard InChI is InChI=1S/C55H42N8/c1-35-57-34-58-52(62-46-26-14-11-23-40(46)44-31-50-43(32-51(44)62)39-22-10-13-25-45(39)61(50)37-19-7-4-8-20-37)33-56-55(59(35)2)63-47-27-15-9-21-38(47)41-29-30-49-53(54(41)63)42-24-12-16-28-48(42)60(49)36-17-5-3-6-18-36/h3-11,13-23,25-32,34-35H,12,24,33H2,1-2H3/b56-55+,57-34-,58-52+. The van der Waals surface area contributed by atoms with Crippen molar-refractivity contribution in [3.8, 4) is 11.4 Å². The number of aliphatic imine (C=N–C) groups is 3. The number of benzene rings is 7. The first-order valence-corrected chi connectivity index (χ1v) is 21.8. The summed E-state index contributed by atoms with van der Waals surface area (Å²) in [6.45, 7) is 2.44. The summed E-state index contributed by atoms with van der Waals surface area (Å²) in [5, 5.41) is 8.41. The Morgan fingerprint density at radius 2 is 1.10 bits per heavy atom. The maximum absolute atomic E-state index is 5.66. The Labute approximate surface area is 363 Å². The summed E-state index contributed by atoms with van der Waals surface area (Å²) in [5.74, 6) is 1.63. The number of hydrogen-bond donors (Lipinski definition) is 0. The highest BCUT2D eigenvalue weighted by molar-refractivity contribution is 6.24. The van der Waals surface area contributed by atoms with E-state index in [0.717, 1.165) is 52.6 Å². The summed E-state index contributed by atoms with van der Waals surface area (Å²) in [6.07, 6.45) is 8.09. The second kappa shape index (κ2) is 13.8. The molecule has 13 rings (SSSR count). The van der Waals surface area contributed by atoms with Crippen LogP contribution in [0.2, 0.25) is 0 Å². The van der Waals surface area contributed by atoms with E-state index in [-0.39, 0.29) is 6.17 Å². The Hall–Kier alpha value is -7.97. The minimum Gasteiger partial charge on any atom is -0.323 e. The van der Waals surface area contributed by atoms with Crippen LogP contribution >= 0.6 is 0 Å². The van der Waals surface area contributed by atoms with Gasteiger partial charge in [-0.15, -0.1) is 0 Å². The van der Waals surface area contributed by atoms with Gasteiger partial charge in [0.1, 0.15) is 24.9 Å². The number of allylic oxidation sites excluding steroid dienone is 1. The molecular formula is C55H42N8. The number of para-hydroxylation sites is 5. The van der Waals surface area contributed by atoms with Crippen LogP contribution in [-0.2, 0) is 6.42 Å². The summed E-state index contributed by atoms with van der Waals surface area (Å²) >= 11 is 0. The zero-order valence-electron chi connectivity index (χ0n) is 35.0. The van der Waals surface area contributed by atoms with Gasteiger partial charge in [-0.25, -0.2) is 15.0 Å². The van der Waals surface area contributed by atoms with Crippen molar-refractivity contribution in [2.75, 3.05) is 13.6 Å². The molecule has 0 saturated carbocycles. The number of aryl methyl sites for hydroxylation is 1. The molecule has 0 saturated heterocycles. The Balaban J connectivity index is 1.06. The van der Waals surface area contributed by atoms with E-state index in [1.807, 2.05) is 0 Å². The summed E-state index contributed by atoms with van der Waals surface area (Å²) in [6, 6.07) is 56.9. The van der Waals surface area contributed by atoms with Crippen LogP contribution in [-0.4, -0.2) is 61.1 Å². The highest BCUT2D eigenvalue weighted by Gasteiger charge is 2.28. The average molecular weight is 815 g/mol. The van der Waals surface area contributed by atoms with Crippen LogP contribution in [0.1, 0.15) is 24.6 Å². The van der Waals surface area contributed by atoms with Crippen molar-refractivity contribution in [3.05, 3.63) is 175 Å². The molecule has 302 valence electrons. The fourth-order valence-corrected chi connectivity index (χ4v) is 10.5. The molecule has 0 amide bonds. The maximum atomic E-state index is 5.66. The molecule has 0 spiro atoms. The van der Waals surface area contributed by atoms with Gasteiger partial charge in [0.15, 0.2) is 0 Å². The molecule has 1 unspecified atom stereocenters. The molecule has 4 aromatic heterocycles. The van der Waals surface area contributed by atoms with Gasteiger partial charge in [0.2, 0.25) is 5.96 Å². The Morgan fingerprint density at radius 1 is 0.524 bits per heavy atom. The maximum Gasteiger partial charge on any atom is 0.207 e. The van der Waals surface area contributed by atoms with Crippen LogP contribution in [0.4, 0.5) is 0 Å². The van der Waals surface area contributed by atoms with Crippen molar-refractivity contribution in [2.45, 2.75) is 25.9 Å². The molecule has 0 N–H and O–H groups in total. The van der Waals surface area contributed by atoms with E-state index in [1.165, 1.54) is 71.0 Å². The van der Waals surface area contributed by atoms with Crippen molar-refractivity contribution >= 4 is 101 Å². The predicted octanol–water partition coefficient (Wildman–Crippen LogP) is 12.4. The van der Waals surface area contributed by atoms with Crippen LogP contribution in [0, 0.1) is 0 Å². The fraction of sp³-hybridized carbons (Fsp3) is 0.109. The highest BCUT2D eigenvalue weighted by Crippen LogP contribution is 2.43. The summed E-state index contributed by atoms with van der Waals surface area (Å²) in [5.41, 5.74) is 12.9. The first kappa shape index (κ1) is 35.8. The Bertz CT molecular complexity index is 3800. The molecule has 0 fully saturated rings. The van der Waals surface area contributed by atoms with Crippen molar-refractivity contribution in [2.24, 2.45) is 15.0 Å². The zero-order chi connectivity index (χ0) is 41.8. The largest absolute Gasteiger partial charge is 0.323 e. The quantitative estimate of drug-likeness (QED) is 0.171. The molecule has 8 nitrogen and oxygen atoms in total. The van der Waals surface area contributed by atoms with Gasteiger partial charge in [0, 0.05) is 61.8 Å². The lowest BCUT2D eigenvalue weighted by molar-refractivity contribution is 0.394. The lowest BCUT2D eigenvalue weighted by atomic mass is 9.99. The van der Waals surface area contributed by atoms with Crippen LogP contribution in [0.5, 0.6) is 0 Å². The third-order valence-corrected chi connectivity index (χ3v) is 13.4. The van der Waals surface area contributed by atoms with E-state index in [1.54, 1.807) is 6.34 Å². The zero-order valence-corrected chi connectivity index (χ0v) is 35.0. The molecule has 63 heavy (non-hydrogen) atoms. The van der Waals surface area contributed by atoms with Crippen LogP contribution in [0.25, 0.3) is 93.8 Å². The summed E-state index contributed by atoms with van der Waals surface area (Å²) < 4.78 is 9.54. The van der Waals surface area contributed by atoms with E-state index >= 15 is 0 Å². The van der Waals surface area contributed by atoms with E-state index in [2.05, 4.69) is 207 Å². The summed E-state index contributed by atoms with van der Waals surface area (Å²) in [7, 11) is 2.11. The second-order valence-electron chi connectivity index (χ2n) is 16.8. The van der Waals surface area contributed by atoms with Gasteiger partial charge in [-0.2, -0.15) is 0 Å². The lowest BCUT2D eigenvalue weighted by Crippen LogP contribution is -2.38. The Kier molecular flexibility index (Phi) is 7.82. The summed E-state index contributed by atoms with van der Waals surface area (Å²) in [4.78, 5) is 18.1. The SMILES string of the molecule is CC1/N=C\N=C(\n2c3ccccc3c3cc4c(cc32)c2ccccc2n4-c2ccccc2)C/N=C(/n2c3ccccc3c3ccc4c(c5c(n4-c4ccccc4)C=CCC5)c32)N1C. The van der Waals surface area contributed by atoms with Crippen molar-refractivity contribution < 1.29 is 0 Å². The third kappa shape index (κ3) is 5.18. The molecular weight excluding hydrogens is 773 g/mol. The van der Waals surface area contributed by atoms with Gasteiger partial charge in [-0.1, -0.05) is 103 Å². The van der Waals surface area contributed by atoms with Crippen LogP contribution in [0.15, 0.2) is 179 Å². The number of hydrogen-bond acceptors (Lipinski definition) is 4. The topological polar surface area (TPSA) is 60.0 Å². The van der Waals surface area contributed by atoms with Gasteiger partial charge < -0.3 is 14.0 Å². The lowest BCUT2D eigenvalue weighted by Gasteiger charge is -2.26. The average Bonchev–Trinajstić information content (AvgIpc) is 4.06. The first-order chi connectivity index (χ1) is 31.1.